The molecule has 1 aliphatic rings. The fraction of sp³-hybridized carbons (Fsp3) is 0.533. The highest BCUT2D eigenvalue weighted by atomic mass is 16.3. The van der Waals surface area contributed by atoms with Crippen molar-refractivity contribution < 1.29 is 9.90 Å². The zero-order valence-corrected chi connectivity index (χ0v) is 11.4. The van der Waals surface area contributed by atoms with Crippen LogP contribution < -0.4 is 5.73 Å². The summed E-state index contributed by atoms with van der Waals surface area (Å²) in [6.45, 7) is 2.64. The van der Waals surface area contributed by atoms with Crippen LogP contribution in [0, 0.1) is 0 Å². The van der Waals surface area contributed by atoms with E-state index in [0.717, 1.165) is 25.7 Å². The molecule has 1 aliphatic carbocycles. The molecule has 19 heavy (non-hydrogen) atoms. The van der Waals surface area contributed by atoms with E-state index in [0.29, 0.717) is 12.1 Å². The minimum Gasteiger partial charge on any atom is -0.507 e. The van der Waals surface area contributed by atoms with Crippen molar-refractivity contribution in [1.82, 2.24) is 4.90 Å². The largest absolute Gasteiger partial charge is 0.507 e. The van der Waals surface area contributed by atoms with E-state index in [-0.39, 0.29) is 23.7 Å². The van der Waals surface area contributed by atoms with E-state index in [1.807, 2.05) is 11.8 Å². The maximum Gasteiger partial charge on any atom is 0.257 e. The molecule has 104 valence electrons. The van der Waals surface area contributed by atoms with Gasteiger partial charge in [-0.1, -0.05) is 12.1 Å². The SMILES string of the molecule is CCN(C(=O)c1ccccc1O)C1CCC(N)CC1. The van der Waals surface area contributed by atoms with Crippen LogP contribution in [0.4, 0.5) is 0 Å². The number of hydrogen-bond donors (Lipinski definition) is 2. The van der Waals surface area contributed by atoms with E-state index >= 15 is 0 Å². The van der Waals surface area contributed by atoms with Crippen LogP contribution >= 0.6 is 0 Å². The molecule has 0 heterocycles. The van der Waals surface area contributed by atoms with Crippen molar-refractivity contribution in [2.24, 2.45) is 5.73 Å². The van der Waals surface area contributed by atoms with Gasteiger partial charge in [-0.2, -0.15) is 0 Å². The Labute approximate surface area is 114 Å². The number of nitrogens with zero attached hydrogens (tertiary/aromatic N) is 1. The van der Waals surface area contributed by atoms with E-state index < -0.39 is 0 Å². The molecule has 0 bridgehead atoms. The minimum absolute atomic E-state index is 0.0541. The molecular formula is C15H22N2O2. The van der Waals surface area contributed by atoms with Crippen LogP contribution in [0.1, 0.15) is 43.0 Å². The second-order valence-electron chi connectivity index (χ2n) is 5.18. The fourth-order valence-electron chi connectivity index (χ4n) is 2.79. The molecule has 2 rings (SSSR count). The molecule has 1 aromatic carbocycles. The highest BCUT2D eigenvalue weighted by Crippen LogP contribution is 2.25. The van der Waals surface area contributed by atoms with Gasteiger partial charge in [0.15, 0.2) is 0 Å². The van der Waals surface area contributed by atoms with E-state index in [9.17, 15) is 9.90 Å². The quantitative estimate of drug-likeness (QED) is 0.877. The monoisotopic (exact) mass is 262 g/mol. The van der Waals surface area contributed by atoms with Crippen molar-refractivity contribution in [1.29, 1.82) is 0 Å². The molecule has 1 amide bonds. The van der Waals surface area contributed by atoms with Gasteiger partial charge in [-0.3, -0.25) is 4.79 Å². The van der Waals surface area contributed by atoms with Gasteiger partial charge in [0.1, 0.15) is 5.75 Å². The Hall–Kier alpha value is -1.55. The number of aromatic hydroxyl groups is 1. The van der Waals surface area contributed by atoms with Crippen LogP contribution in [0.25, 0.3) is 0 Å². The topological polar surface area (TPSA) is 66.6 Å². The Morgan fingerprint density at radius 1 is 1.32 bits per heavy atom. The summed E-state index contributed by atoms with van der Waals surface area (Å²) >= 11 is 0. The first kappa shape index (κ1) is 13.9. The van der Waals surface area contributed by atoms with Crippen LogP contribution in [0.3, 0.4) is 0 Å². The molecule has 0 atom stereocenters. The third-order valence-corrected chi connectivity index (χ3v) is 3.92. The minimum atomic E-state index is -0.0823. The number of nitrogens with two attached hydrogens (primary N) is 1. The zero-order chi connectivity index (χ0) is 13.8. The first-order chi connectivity index (χ1) is 9.13. The van der Waals surface area contributed by atoms with Crippen molar-refractivity contribution in [3.05, 3.63) is 29.8 Å². The standard InChI is InChI=1S/C15H22N2O2/c1-2-17(12-9-7-11(16)8-10-12)15(19)13-5-3-4-6-14(13)18/h3-6,11-12,18H,2,7-10,16H2,1H3. The van der Waals surface area contributed by atoms with Crippen LogP contribution in [-0.4, -0.2) is 34.5 Å². The smallest absolute Gasteiger partial charge is 0.257 e. The molecule has 0 aromatic heterocycles. The Morgan fingerprint density at radius 3 is 2.53 bits per heavy atom. The summed E-state index contributed by atoms with van der Waals surface area (Å²) < 4.78 is 0. The Kier molecular flexibility index (Phi) is 4.43. The average Bonchev–Trinajstić information content (AvgIpc) is 2.42. The molecule has 4 nitrogen and oxygen atoms in total. The second-order valence-corrected chi connectivity index (χ2v) is 5.18. The summed E-state index contributed by atoms with van der Waals surface area (Å²) in [4.78, 5) is 14.4. The summed E-state index contributed by atoms with van der Waals surface area (Å²) in [7, 11) is 0. The molecule has 0 unspecified atom stereocenters. The molecule has 0 spiro atoms. The maximum absolute atomic E-state index is 12.5. The van der Waals surface area contributed by atoms with Crippen LogP contribution in [0.15, 0.2) is 24.3 Å². The molecule has 0 radical (unpaired) electrons. The van der Waals surface area contributed by atoms with Gasteiger partial charge >= 0.3 is 0 Å². The van der Waals surface area contributed by atoms with Gasteiger partial charge in [0, 0.05) is 18.6 Å². The molecule has 4 heteroatoms. The molecule has 1 saturated carbocycles. The third-order valence-electron chi connectivity index (χ3n) is 3.92. The van der Waals surface area contributed by atoms with Gasteiger partial charge in [0.2, 0.25) is 0 Å². The average molecular weight is 262 g/mol. The summed E-state index contributed by atoms with van der Waals surface area (Å²) in [6, 6.07) is 7.25. The van der Waals surface area contributed by atoms with Crippen molar-refractivity contribution in [3.63, 3.8) is 0 Å². The maximum atomic E-state index is 12.5. The van der Waals surface area contributed by atoms with Crippen LogP contribution in [-0.2, 0) is 0 Å². The Bertz CT molecular complexity index is 440. The normalized spacial score (nSPS) is 23.1. The highest BCUT2D eigenvalue weighted by Gasteiger charge is 2.28. The summed E-state index contributed by atoms with van der Waals surface area (Å²) in [5.74, 6) is -0.0282. The Balaban J connectivity index is 2.13. The number of rotatable bonds is 3. The van der Waals surface area contributed by atoms with Crippen LogP contribution in [0.2, 0.25) is 0 Å². The lowest BCUT2D eigenvalue weighted by molar-refractivity contribution is 0.0637. The van der Waals surface area contributed by atoms with Gasteiger partial charge in [-0.25, -0.2) is 0 Å². The van der Waals surface area contributed by atoms with Gasteiger partial charge in [-0.05, 0) is 44.7 Å². The molecule has 0 aliphatic heterocycles. The number of hydrogen-bond acceptors (Lipinski definition) is 3. The predicted octanol–water partition coefficient (Wildman–Crippen LogP) is 2.12. The van der Waals surface area contributed by atoms with Crippen LogP contribution in [0.5, 0.6) is 5.75 Å². The van der Waals surface area contributed by atoms with E-state index in [1.54, 1.807) is 24.3 Å². The first-order valence-corrected chi connectivity index (χ1v) is 6.98. The molecule has 1 fully saturated rings. The van der Waals surface area contributed by atoms with Crippen molar-refractivity contribution >= 4 is 5.91 Å². The van der Waals surface area contributed by atoms with E-state index in [4.69, 9.17) is 5.73 Å². The van der Waals surface area contributed by atoms with Crippen molar-refractivity contribution in [2.45, 2.75) is 44.7 Å². The van der Waals surface area contributed by atoms with Gasteiger partial charge in [0.05, 0.1) is 5.56 Å². The van der Waals surface area contributed by atoms with Crippen molar-refractivity contribution in [2.75, 3.05) is 6.54 Å². The van der Waals surface area contributed by atoms with Gasteiger partial charge in [-0.15, -0.1) is 0 Å². The third kappa shape index (κ3) is 3.07. The molecule has 1 aromatic rings. The Morgan fingerprint density at radius 2 is 1.95 bits per heavy atom. The number of benzene rings is 1. The van der Waals surface area contributed by atoms with Crippen molar-refractivity contribution in [3.8, 4) is 5.75 Å². The number of carbonyl (C=O) groups is 1. The number of carbonyl (C=O) groups excluding carboxylic acids is 1. The lowest BCUT2D eigenvalue weighted by Crippen LogP contribution is -2.44. The molecular weight excluding hydrogens is 240 g/mol. The molecule has 0 saturated heterocycles. The second kappa shape index (κ2) is 6.06. The molecule has 3 N–H and O–H groups in total. The van der Waals surface area contributed by atoms with Gasteiger partial charge in [0.25, 0.3) is 5.91 Å². The summed E-state index contributed by atoms with van der Waals surface area (Å²) in [5.41, 5.74) is 6.29. The summed E-state index contributed by atoms with van der Waals surface area (Å²) in [6.07, 6.45) is 3.84. The zero-order valence-electron chi connectivity index (χ0n) is 11.4. The highest BCUT2D eigenvalue weighted by molar-refractivity contribution is 5.97. The fourth-order valence-corrected chi connectivity index (χ4v) is 2.79. The lowest BCUT2D eigenvalue weighted by Gasteiger charge is -2.35. The first-order valence-electron chi connectivity index (χ1n) is 6.98. The number of amides is 1. The van der Waals surface area contributed by atoms with Gasteiger partial charge < -0.3 is 15.7 Å². The number of phenols is 1. The van der Waals surface area contributed by atoms with E-state index in [2.05, 4.69) is 0 Å². The van der Waals surface area contributed by atoms with E-state index in [1.165, 1.54) is 0 Å². The lowest BCUT2D eigenvalue weighted by atomic mass is 9.90. The number of para-hydroxylation sites is 1. The summed E-state index contributed by atoms with van der Waals surface area (Å²) in [5, 5.41) is 9.80. The number of phenolic OH excluding ortho intramolecular Hbond substituents is 1. The predicted molar refractivity (Wildman–Crippen MR) is 75.0 cm³/mol.